The Morgan fingerprint density at radius 2 is 1.49 bits per heavy atom. The number of unbranched alkanes of at least 4 members (excludes halogenated alkanes) is 4. The Bertz CT molecular complexity index is 1270. The van der Waals surface area contributed by atoms with Crippen LogP contribution in [0.25, 0.3) is 0 Å². The summed E-state index contributed by atoms with van der Waals surface area (Å²) in [5.74, 6) is -3.89. The van der Waals surface area contributed by atoms with Crippen molar-refractivity contribution < 1.29 is 49.2 Å². The molecular formula is C38H61N5O10. The van der Waals surface area contributed by atoms with E-state index in [0.29, 0.717) is 52.0 Å². The molecule has 15 nitrogen and oxygen atoms in total. The number of aldehydes is 1. The maximum atomic E-state index is 12.5. The molecule has 0 aromatic heterocycles. The number of aliphatic hydroxyl groups is 1. The van der Waals surface area contributed by atoms with Gasteiger partial charge < -0.3 is 30.5 Å². The first-order valence-corrected chi connectivity index (χ1v) is 19.0. The number of hydrogen-bond donors (Lipinski definition) is 5. The standard InChI is InChI=1S/C38H61N5O10/c1-2-3-4-5-8-12-30-31(34(46)27-33(30)45)13-9-6-7-10-15-35(47)39-16-11-14-32(38(52)53)43-23-21-40(25-26-44)17-18-41(28-36(48)49)19-20-42(22-24-43)29-37(50)51/h6,8,12-13,26,30-33,45H,2-5,7,10-11,14-25,27-29H2,1H3,(H,39,47)(H,48,49)(H,50,51)(H,52,53)/b12-8+/t9?,30-,31+,32?,33+/m0/s1. The van der Waals surface area contributed by atoms with Crippen LogP contribution in [-0.2, 0) is 28.8 Å². The molecule has 2 aliphatic rings. The van der Waals surface area contributed by atoms with Gasteiger partial charge in [0.25, 0.3) is 0 Å². The molecule has 0 aromatic rings. The number of Topliss-reactive ketones (excluding diaryl/α,β-unsaturated/α-hetero) is 1. The molecule has 1 heterocycles. The van der Waals surface area contributed by atoms with Gasteiger partial charge in [-0.2, -0.15) is 0 Å². The first-order valence-electron chi connectivity index (χ1n) is 19.0. The van der Waals surface area contributed by atoms with Gasteiger partial charge in [-0.3, -0.25) is 43.6 Å². The van der Waals surface area contributed by atoms with E-state index in [9.17, 15) is 49.2 Å². The van der Waals surface area contributed by atoms with Crippen molar-refractivity contribution in [2.75, 3.05) is 78.5 Å². The normalized spacial score (nSPS) is 22.0. The van der Waals surface area contributed by atoms with Crippen LogP contribution in [0.15, 0.2) is 30.0 Å². The number of amides is 1. The zero-order valence-electron chi connectivity index (χ0n) is 31.3. The van der Waals surface area contributed by atoms with Gasteiger partial charge in [0.2, 0.25) is 5.91 Å². The number of nitrogens with one attached hydrogen (secondary N) is 1. The molecule has 53 heavy (non-hydrogen) atoms. The summed E-state index contributed by atoms with van der Waals surface area (Å²) in [7, 11) is 0. The van der Waals surface area contributed by atoms with Crippen LogP contribution in [0.4, 0.5) is 0 Å². The van der Waals surface area contributed by atoms with Crippen molar-refractivity contribution in [1.29, 1.82) is 0 Å². The molecule has 2 fully saturated rings. The van der Waals surface area contributed by atoms with Gasteiger partial charge in [-0.1, -0.05) is 31.9 Å². The Hall–Kier alpha value is -3.72. The molecule has 1 aliphatic heterocycles. The average Bonchev–Trinajstić information content (AvgIpc) is 3.36. The van der Waals surface area contributed by atoms with E-state index in [0.717, 1.165) is 32.0 Å². The summed E-state index contributed by atoms with van der Waals surface area (Å²) in [6.07, 6.45) is 14.1. The molecule has 15 heteroatoms. The molecule has 0 radical (unpaired) electrons. The van der Waals surface area contributed by atoms with Crippen molar-refractivity contribution in [1.82, 2.24) is 24.9 Å². The van der Waals surface area contributed by atoms with Gasteiger partial charge in [-0.25, -0.2) is 0 Å². The van der Waals surface area contributed by atoms with Gasteiger partial charge in [0, 0.05) is 77.7 Å². The van der Waals surface area contributed by atoms with E-state index in [-0.39, 0.29) is 82.7 Å². The molecule has 5 N–H and O–H groups in total. The van der Waals surface area contributed by atoms with Crippen molar-refractivity contribution in [3.63, 3.8) is 0 Å². The quantitative estimate of drug-likeness (QED) is 0.0461. The molecule has 0 aromatic carbocycles. The summed E-state index contributed by atoms with van der Waals surface area (Å²) in [6.45, 7) is 4.51. The Balaban J connectivity index is 1.88. The lowest BCUT2D eigenvalue weighted by molar-refractivity contribution is -0.144. The number of allylic oxidation sites excluding steroid dienone is 2. The number of carbonyl (C=O) groups excluding carboxylic acids is 3. The highest BCUT2D eigenvalue weighted by molar-refractivity contribution is 5.86. The lowest BCUT2D eigenvalue weighted by Gasteiger charge is -2.35. The monoisotopic (exact) mass is 747 g/mol. The van der Waals surface area contributed by atoms with Crippen molar-refractivity contribution in [2.24, 2.45) is 11.8 Å². The molecular weight excluding hydrogens is 686 g/mol. The molecule has 1 saturated heterocycles. The molecule has 4 atom stereocenters. The second-order valence-corrected chi connectivity index (χ2v) is 13.9. The van der Waals surface area contributed by atoms with Crippen molar-refractivity contribution in [3.05, 3.63) is 30.0 Å². The summed E-state index contributed by atoms with van der Waals surface area (Å²) >= 11 is 0. The van der Waals surface area contributed by atoms with Crippen LogP contribution < -0.4 is 5.32 Å². The Kier molecular flexibility index (Phi) is 22.4. The highest BCUT2D eigenvalue weighted by Gasteiger charge is 2.38. The zero-order valence-corrected chi connectivity index (χ0v) is 31.3. The number of carboxylic acid groups (broad SMARTS) is 3. The third-order valence-electron chi connectivity index (χ3n) is 9.74. The fourth-order valence-electron chi connectivity index (χ4n) is 6.69. The van der Waals surface area contributed by atoms with Crippen LogP contribution in [0.3, 0.4) is 0 Å². The molecule has 1 amide bonds. The fourth-order valence-corrected chi connectivity index (χ4v) is 6.69. The molecule has 298 valence electrons. The van der Waals surface area contributed by atoms with Gasteiger partial charge in [-0.15, -0.1) is 5.73 Å². The lowest BCUT2D eigenvalue weighted by atomic mass is 9.93. The van der Waals surface area contributed by atoms with Gasteiger partial charge in [0.05, 0.1) is 31.7 Å². The largest absolute Gasteiger partial charge is 0.480 e. The van der Waals surface area contributed by atoms with Crippen LogP contribution >= 0.6 is 0 Å². The van der Waals surface area contributed by atoms with Crippen LogP contribution in [0, 0.1) is 11.8 Å². The minimum absolute atomic E-state index is 0.000299. The number of nitrogens with zero attached hydrogens (tertiary/aromatic N) is 4. The number of hydrogen-bond acceptors (Lipinski definition) is 11. The lowest BCUT2D eigenvalue weighted by Crippen LogP contribution is -2.51. The third-order valence-corrected chi connectivity index (χ3v) is 9.74. The SMILES string of the molecule is CCCCC/C=C/[C@@H]1[C@H](O)CC(=O)[C@@H]1C=C=CCCCC(=O)NCCCC(C(=O)O)N1CCN(CC=O)CCN(CC(=O)O)CCN(CC(=O)O)CC1. The van der Waals surface area contributed by atoms with E-state index in [1.165, 1.54) is 0 Å². The van der Waals surface area contributed by atoms with Crippen molar-refractivity contribution in [3.8, 4) is 0 Å². The van der Waals surface area contributed by atoms with E-state index < -0.39 is 36.0 Å². The molecule has 1 saturated carbocycles. The highest BCUT2D eigenvalue weighted by atomic mass is 16.4. The first kappa shape index (κ1) is 45.4. The van der Waals surface area contributed by atoms with Crippen LogP contribution in [-0.4, -0.2) is 167 Å². The smallest absolute Gasteiger partial charge is 0.320 e. The number of aliphatic carboxylic acids is 3. The second-order valence-electron chi connectivity index (χ2n) is 13.9. The fraction of sp³-hybridized carbons (Fsp3) is 0.711. The summed E-state index contributed by atoms with van der Waals surface area (Å²) in [4.78, 5) is 78.7. The first-order chi connectivity index (χ1) is 25.4. The van der Waals surface area contributed by atoms with E-state index in [2.05, 4.69) is 24.0 Å². The van der Waals surface area contributed by atoms with E-state index >= 15 is 0 Å². The van der Waals surface area contributed by atoms with Crippen molar-refractivity contribution >= 4 is 35.9 Å². The average molecular weight is 748 g/mol. The second kappa shape index (κ2) is 26.1. The van der Waals surface area contributed by atoms with E-state index in [1.54, 1.807) is 26.9 Å². The highest BCUT2D eigenvalue weighted by Crippen LogP contribution is 2.31. The third kappa shape index (κ3) is 18.7. The van der Waals surface area contributed by atoms with E-state index in [4.69, 9.17) is 0 Å². The van der Waals surface area contributed by atoms with Gasteiger partial charge in [-0.05, 0) is 50.7 Å². The Labute approximate surface area is 313 Å². The van der Waals surface area contributed by atoms with Gasteiger partial charge in [0.1, 0.15) is 18.1 Å². The van der Waals surface area contributed by atoms with Gasteiger partial charge in [0.15, 0.2) is 0 Å². The topological polar surface area (TPSA) is 208 Å². The molecule has 1 unspecified atom stereocenters. The minimum Gasteiger partial charge on any atom is -0.480 e. The van der Waals surface area contributed by atoms with E-state index in [1.807, 2.05) is 11.0 Å². The molecule has 1 aliphatic carbocycles. The Morgan fingerprint density at radius 3 is 2.09 bits per heavy atom. The summed E-state index contributed by atoms with van der Waals surface area (Å²) in [5, 5.41) is 42.1. The molecule has 2 rings (SSSR count). The number of carbonyl (C=O) groups is 6. The summed E-state index contributed by atoms with van der Waals surface area (Å²) in [6, 6.07) is -0.899. The number of aliphatic hydroxyl groups excluding tert-OH is 1. The number of rotatable bonds is 22. The molecule has 0 bridgehead atoms. The predicted molar refractivity (Wildman–Crippen MR) is 198 cm³/mol. The predicted octanol–water partition coefficient (Wildman–Crippen LogP) is 1.51. The minimum atomic E-state index is -1.04. The summed E-state index contributed by atoms with van der Waals surface area (Å²) < 4.78 is 0. The summed E-state index contributed by atoms with van der Waals surface area (Å²) in [5.41, 5.74) is 3.07. The van der Waals surface area contributed by atoms with Crippen LogP contribution in [0.2, 0.25) is 0 Å². The maximum Gasteiger partial charge on any atom is 0.320 e. The van der Waals surface area contributed by atoms with Crippen molar-refractivity contribution in [2.45, 2.75) is 83.3 Å². The molecule has 0 spiro atoms. The number of ketones is 1. The zero-order chi connectivity index (χ0) is 39.0. The van der Waals surface area contributed by atoms with Crippen LogP contribution in [0.5, 0.6) is 0 Å². The Morgan fingerprint density at radius 1 is 0.868 bits per heavy atom. The van der Waals surface area contributed by atoms with Crippen LogP contribution in [0.1, 0.15) is 71.1 Å². The van der Waals surface area contributed by atoms with Gasteiger partial charge >= 0.3 is 17.9 Å². The number of carboxylic acids is 3. The maximum absolute atomic E-state index is 12.5.